The van der Waals surface area contributed by atoms with Gasteiger partial charge in [0.25, 0.3) is 11.5 Å². The van der Waals surface area contributed by atoms with Crippen LogP contribution in [-0.4, -0.2) is 35.9 Å². The van der Waals surface area contributed by atoms with Gasteiger partial charge in [-0.2, -0.15) is 0 Å². The first-order valence-electron chi connectivity index (χ1n) is 7.86. The SMILES string of the molecule is Cc1cccc(NC(=O)CNC(=O)COC(=O)c2ccc[nH]c2=O)c1C. The summed E-state index contributed by atoms with van der Waals surface area (Å²) < 4.78 is 4.75. The molecule has 1 aromatic heterocycles. The predicted octanol–water partition coefficient (Wildman–Crippen LogP) is 0.903. The maximum Gasteiger partial charge on any atom is 0.344 e. The van der Waals surface area contributed by atoms with Crippen LogP contribution >= 0.6 is 0 Å². The average Bonchev–Trinajstić information content (AvgIpc) is 2.62. The molecule has 2 rings (SSSR count). The van der Waals surface area contributed by atoms with E-state index in [1.54, 1.807) is 6.07 Å². The van der Waals surface area contributed by atoms with E-state index in [1.807, 2.05) is 26.0 Å². The second kappa shape index (κ2) is 8.61. The van der Waals surface area contributed by atoms with Gasteiger partial charge in [0.15, 0.2) is 6.61 Å². The molecule has 1 heterocycles. The number of benzene rings is 1. The number of aromatic nitrogens is 1. The Hall–Kier alpha value is -3.42. The molecule has 26 heavy (non-hydrogen) atoms. The highest BCUT2D eigenvalue weighted by Gasteiger charge is 2.14. The maximum atomic E-state index is 11.9. The molecule has 1 aromatic carbocycles. The number of carbonyl (C=O) groups is 3. The number of H-pyrrole nitrogens is 1. The number of ether oxygens (including phenoxy) is 1. The van der Waals surface area contributed by atoms with Crippen molar-refractivity contribution in [2.45, 2.75) is 13.8 Å². The smallest absolute Gasteiger partial charge is 0.344 e. The summed E-state index contributed by atoms with van der Waals surface area (Å²) in [6.07, 6.45) is 1.38. The molecule has 0 saturated carbocycles. The van der Waals surface area contributed by atoms with Gasteiger partial charge in [0, 0.05) is 11.9 Å². The third-order valence-electron chi connectivity index (χ3n) is 3.70. The minimum absolute atomic E-state index is 0.201. The number of aromatic amines is 1. The number of esters is 1. The monoisotopic (exact) mass is 357 g/mol. The van der Waals surface area contributed by atoms with Crippen LogP contribution < -0.4 is 16.2 Å². The zero-order chi connectivity index (χ0) is 19.1. The van der Waals surface area contributed by atoms with Crippen molar-refractivity contribution in [1.29, 1.82) is 0 Å². The number of hydrogen-bond acceptors (Lipinski definition) is 5. The molecule has 0 spiro atoms. The second-order valence-corrected chi connectivity index (χ2v) is 5.56. The number of amides is 2. The van der Waals surface area contributed by atoms with Crippen molar-refractivity contribution in [2.75, 3.05) is 18.5 Å². The quantitative estimate of drug-likeness (QED) is 0.664. The fraction of sp³-hybridized carbons (Fsp3) is 0.222. The molecule has 0 aliphatic rings. The Bertz CT molecular complexity index is 888. The highest BCUT2D eigenvalue weighted by atomic mass is 16.5. The predicted molar refractivity (Wildman–Crippen MR) is 94.9 cm³/mol. The number of aryl methyl sites for hydroxylation is 1. The van der Waals surface area contributed by atoms with Gasteiger partial charge in [-0.3, -0.25) is 14.4 Å². The molecule has 0 aliphatic heterocycles. The summed E-state index contributed by atoms with van der Waals surface area (Å²) in [6, 6.07) is 8.27. The molecular weight excluding hydrogens is 338 g/mol. The minimum atomic E-state index is -0.915. The van der Waals surface area contributed by atoms with Gasteiger partial charge >= 0.3 is 5.97 Å². The summed E-state index contributed by atoms with van der Waals surface area (Å²) in [6.45, 7) is 2.95. The van der Waals surface area contributed by atoms with Crippen molar-refractivity contribution < 1.29 is 19.1 Å². The standard InChI is InChI=1S/C18H19N3O5/c1-11-5-3-7-14(12(11)2)21-15(22)9-20-16(23)10-26-18(25)13-6-4-8-19-17(13)24/h3-8H,9-10H2,1-2H3,(H,19,24)(H,20,23)(H,21,22). The van der Waals surface area contributed by atoms with Gasteiger partial charge in [-0.25, -0.2) is 4.79 Å². The van der Waals surface area contributed by atoms with E-state index in [9.17, 15) is 19.2 Å². The van der Waals surface area contributed by atoms with Gasteiger partial charge in [-0.1, -0.05) is 12.1 Å². The minimum Gasteiger partial charge on any atom is -0.452 e. The van der Waals surface area contributed by atoms with Crippen molar-refractivity contribution in [1.82, 2.24) is 10.3 Å². The summed E-state index contributed by atoms with van der Waals surface area (Å²) >= 11 is 0. The summed E-state index contributed by atoms with van der Waals surface area (Å²) in [4.78, 5) is 49.1. The van der Waals surface area contributed by atoms with Crippen LogP contribution in [0.4, 0.5) is 5.69 Å². The summed E-state index contributed by atoms with van der Waals surface area (Å²) in [5.41, 5.74) is 1.83. The fourth-order valence-corrected chi connectivity index (χ4v) is 2.10. The third-order valence-corrected chi connectivity index (χ3v) is 3.70. The maximum absolute atomic E-state index is 11.9. The molecule has 2 aromatic rings. The van der Waals surface area contributed by atoms with Crippen LogP contribution in [0.3, 0.4) is 0 Å². The van der Waals surface area contributed by atoms with Crippen molar-refractivity contribution in [3.63, 3.8) is 0 Å². The van der Waals surface area contributed by atoms with E-state index < -0.39 is 29.9 Å². The lowest BCUT2D eigenvalue weighted by Crippen LogP contribution is -2.36. The molecule has 8 heteroatoms. The van der Waals surface area contributed by atoms with Gasteiger partial charge in [0.1, 0.15) is 5.56 Å². The van der Waals surface area contributed by atoms with E-state index in [-0.39, 0.29) is 12.1 Å². The normalized spacial score (nSPS) is 10.1. The Morgan fingerprint density at radius 3 is 2.58 bits per heavy atom. The Morgan fingerprint density at radius 2 is 1.85 bits per heavy atom. The number of anilines is 1. The summed E-state index contributed by atoms with van der Waals surface area (Å²) in [7, 11) is 0. The van der Waals surface area contributed by atoms with E-state index >= 15 is 0 Å². The highest BCUT2D eigenvalue weighted by molar-refractivity contribution is 5.96. The Morgan fingerprint density at radius 1 is 1.08 bits per heavy atom. The average molecular weight is 357 g/mol. The molecule has 0 bridgehead atoms. The van der Waals surface area contributed by atoms with Gasteiger partial charge in [0.2, 0.25) is 5.91 Å². The zero-order valence-corrected chi connectivity index (χ0v) is 14.4. The van der Waals surface area contributed by atoms with Gasteiger partial charge in [-0.05, 0) is 43.2 Å². The number of hydrogen-bond donors (Lipinski definition) is 3. The van der Waals surface area contributed by atoms with Crippen molar-refractivity contribution in [3.8, 4) is 0 Å². The van der Waals surface area contributed by atoms with Crippen LogP contribution in [0.15, 0.2) is 41.3 Å². The van der Waals surface area contributed by atoms with Gasteiger partial charge in [0.05, 0.1) is 6.54 Å². The summed E-state index contributed by atoms with van der Waals surface area (Å²) in [5, 5.41) is 5.04. The molecule has 3 N–H and O–H groups in total. The lowest BCUT2D eigenvalue weighted by atomic mass is 10.1. The van der Waals surface area contributed by atoms with Gasteiger partial charge in [-0.15, -0.1) is 0 Å². The van der Waals surface area contributed by atoms with E-state index in [0.717, 1.165) is 11.1 Å². The first-order chi connectivity index (χ1) is 12.4. The first kappa shape index (κ1) is 18.9. The Labute approximate surface area is 149 Å². The number of nitrogens with one attached hydrogen (secondary N) is 3. The Kier molecular flexibility index (Phi) is 6.26. The van der Waals surface area contributed by atoms with Crippen LogP contribution in [-0.2, 0) is 14.3 Å². The summed E-state index contributed by atoms with van der Waals surface area (Å²) in [5.74, 6) is -1.97. The zero-order valence-electron chi connectivity index (χ0n) is 14.4. The molecule has 136 valence electrons. The van der Waals surface area contributed by atoms with Crippen molar-refractivity contribution in [2.24, 2.45) is 0 Å². The topological polar surface area (TPSA) is 117 Å². The number of rotatable bonds is 6. The highest BCUT2D eigenvalue weighted by Crippen LogP contribution is 2.17. The molecule has 0 saturated heterocycles. The van der Waals surface area contributed by atoms with Gasteiger partial charge < -0.3 is 20.4 Å². The van der Waals surface area contributed by atoms with Crippen LogP contribution in [0, 0.1) is 13.8 Å². The van der Waals surface area contributed by atoms with Crippen LogP contribution in [0.25, 0.3) is 0 Å². The first-order valence-corrected chi connectivity index (χ1v) is 7.86. The molecule has 2 amide bonds. The fourth-order valence-electron chi connectivity index (χ4n) is 2.10. The second-order valence-electron chi connectivity index (χ2n) is 5.56. The molecule has 8 nitrogen and oxygen atoms in total. The van der Waals surface area contributed by atoms with Crippen molar-refractivity contribution >= 4 is 23.5 Å². The van der Waals surface area contributed by atoms with Crippen LogP contribution in [0.5, 0.6) is 0 Å². The van der Waals surface area contributed by atoms with Crippen LogP contribution in [0.1, 0.15) is 21.5 Å². The van der Waals surface area contributed by atoms with E-state index in [2.05, 4.69) is 15.6 Å². The molecule has 0 unspecified atom stereocenters. The lowest BCUT2D eigenvalue weighted by Gasteiger charge is -2.11. The lowest BCUT2D eigenvalue weighted by molar-refractivity contribution is -0.126. The Balaban J connectivity index is 1.79. The molecule has 0 aliphatic carbocycles. The third kappa shape index (κ3) is 5.04. The molecule has 0 atom stereocenters. The van der Waals surface area contributed by atoms with E-state index in [0.29, 0.717) is 5.69 Å². The largest absolute Gasteiger partial charge is 0.452 e. The van der Waals surface area contributed by atoms with Crippen LogP contribution in [0.2, 0.25) is 0 Å². The molecule has 0 fully saturated rings. The number of carbonyl (C=O) groups excluding carboxylic acids is 3. The molecular formula is C18H19N3O5. The molecule has 0 radical (unpaired) electrons. The number of pyridine rings is 1. The van der Waals surface area contributed by atoms with Crippen molar-refractivity contribution in [3.05, 3.63) is 63.6 Å². The van der Waals surface area contributed by atoms with E-state index in [1.165, 1.54) is 18.3 Å². The van der Waals surface area contributed by atoms with E-state index in [4.69, 9.17) is 4.74 Å².